The molecule has 4 nitrogen and oxygen atoms in total. The molecular weight excluding hydrogens is 226 g/mol. The number of morpholine rings is 1. The Hall–Kier alpha value is -1.39. The Morgan fingerprint density at radius 2 is 2.00 bits per heavy atom. The Morgan fingerprint density at radius 3 is 2.89 bits per heavy atom. The van der Waals surface area contributed by atoms with Crippen molar-refractivity contribution in [3.05, 3.63) is 30.5 Å². The molecule has 3 rings (SSSR count). The lowest BCUT2D eigenvalue weighted by Gasteiger charge is -2.26. The minimum Gasteiger partial charge on any atom is -0.379 e. The Kier molecular flexibility index (Phi) is 3.57. The minimum absolute atomic E-state index is 0.873. The van der Waals surface area contributed by atoms with Gasteiger partial charge in [-0.25, -0.2) is 0 Å². The van der Waals surface area contributed by atoms with E-state index < -0.39 is 0 Å². The SMILES string of the molecule is [c]1nn(CCCN2CCOCC2)c2ccccc12. The van der Waals surface area contributed by atoms with Crippen molar-refractivity contribution in [2.75, 3.05) is 32.8 Å². The average molecular weight is 244 g/mol. The third-order valence-electron chi connectivity index (χ3n) is 3.42. The molecule has 0 saturated carbocycles. The number of para-hydroxylation sites is 1. The highest BCUT2D eigenvalue weighted by atomic mass is 16.5. The molecule has 1 radical (unpaired) electrons. The van der Waals surface area contributed by atoms with Crippen LogP contribution in [0.1, 0.15) is 6.42 Å². The highest BCUT2D eigenvalue weighted by molar-refractivity contribution is 5.77. The predicted octanol–water partition coefficient (Wildman–Crippen LogP) is 1.56. The van der Waals surface area contributed by atoms with Gasteiger partial charge in [0.05, 0.1) is 18.7 Å². The Bertz CT molecular complexity index is 502. The zero-order chi connectivity index (χ0) is 12.2. The smallest absolute Gasteiger partial charge is 0.121 e. The van der Waals surface area contributed by atoms with Crippen molar-refractivity contribution in [3.63, 3.8) is 0 Å². The van der Waals surface area contributed by atoms with Crippen molar-refractivity contribution in [1.29, 1.82) is 0 Å². The van der Waals surface area contributed by atoms with Gasteiger partial charge in [-0.05, 0) is 12.5 Å². The second-order valence-electron chi connectivity index (χ2n) is 4.66. The molecule has 1 aromatic heterocycles. The molecule has 0 bridgehead atoms. The normalized spacial score (nSPS) is 17.3. The fraction of sp³-hybridized carbons (Fsp3) is 0.500. The van der Waals surface area contributed by atoms with Gasteiger partial charge < -0.3 is 4.74 Å². The van der Waals surface area contributed by atoms with Crippen molar-refractivity contribution < 1.29 is 4.74 Å². The number of hydrogen-bond donors (Lipinski definition) is 0. The molecule has 0 aliphatic carbocycles. The lowest BCUT2D eigenvalue weighted by atomic mass is 10.2. The van der Waals surface area contributed by atoms with Crippen LogP contribution in [0.25, 0.3) is 10.9 Å². The predicted molar refractivity (Wildman–Crippen MR) is 70.4 cm³/mol. The number of aromatic nitrogens is 2. The maximum atomic E-state index is 5.35. The summed E-state index contributed by atoms with van der Waals surface area (Å²) in [5.41, 5.74) is 1.18. The van der Waals surface area contributed by atoms with Gasteiger partial charge in [-0.2, -0.15) is 5.10 Å². The summed E-state index contributed by atoms with van der Waals surface area (Å²) < 4.78 is 7.40. The van der Waals surface area contributed by atoms with Crippen molar-refractivity contribution in [1.82, 2.24) is 14.7 Å². The molecule has 0 amide bonds. The fourth-order valence-electron chi connectivity index (χ4n) is 2.40. The largest absolute Gasteiger partial charge is 0.379 e. The number of rotatable bonds is 4. The number of aryl methyl sites for hydroxylation is 1. The summed E-state index contributed by atoms with van der Waals surface area (Å²) in [6.45, 7) is 5.95. The molecule has 0 atom stereocenters. The number of benzene rings is 1. The lowest BCUT2D eigenvalue weighted by Crippen LogP contribution is -2.37. The second kappa shape index (κ2) is 5.50. The van der Waals surface area contributed by atoms with Gasteiger partial charge in [0.25, 0.3) is 0 Å². The molecule has 0 unspecified atom stereocenters. The summed E-state index contributed by atoms with van der Waals surface area (Å²) in [5, 5.41) is 5.43. The van der Waals surface area contributed by atoms with E-state index in [0.717, 1.165) is 51.2 Å². The van der Waals surface area contributed by atoms with Gasteiger partial charge >= 0.3 is 0 Å². The molecule has 95 valence electrons. The van der Waals surface area contributed by atoms with Crippen LogP contribution in [0.5, 0.6) is 0 Å². The van der Waals surface area contributed by atoms with Crippen molar-refractivity contribution in [2.24, 2.45) is 0 Å². The topological polar surface area (TPSA) is 30.3 Å². The zero-order valence-electron chi connectivity index (χ0n) is 10.5. The van der Waals surface area contributed by atoms with Crippen LogP contribution in [-0.2, 0) is 11.3 Å². The molecule has 2 aromatic rings. The van der Waals surface area contributed by atoms with E-state index in [4.69, 9.17) is 4.74 Å². The maximum Gasteiger partial charge on any atom is 0.121 e. The standard InChI is InChI=1S/C14H18N3O/c1-2-5-14-13(4-1)12-15-17(14)7-3-6-16-8-10-18-11-9-16/h1-2,4-5H,3,6-11H2. The molecule has 2 heterocycles. The van der Waals surface area contributed by atoms with Gasteiger partial charge in [0.2, 0.25) is 0 Å². The molecule has 1 aliphatic heterocycles. The van der Waals surface area contributed by atoms with Crippen molar-refractivity contribution in [2.45, 2.75) is 13.0 Å². The van der Waals surface area contributed by atoms with Crippen LogP contribution in [0.2, 0.25) is 0 Å². The van der Waals surface area contributed by atoms with Crippen molar-refractivity contribution >= 4 is 10.9 Å². The highest BCUT2D eigenvalue weighted by Crippen LogP contribution is 2.12. The first-order valence-electron chi connectivity index (χ1n) is 6.57. The van der Waals surface area contributed by atoms with Crippen LogP contribution < -0.4 is 0 Å². The molecule has 1 aliphatic rings. The van der Waals surface area contributed by atoms with E-state index in [0.29, 0.717) is 0 Å². The van der Waals surface area contributed by atoms with E-state index in [1.54, 1.807) is 0 Å². The van der Waals surface area contributed by atoms with Crippen LogP contribution in [0.4, 0.5) is 0 Å². The zero-order valence-corrected chi connectivity index (χ0v) is 10.5. The summed E-state index contributed by atoms with van der Waals surface area (Å²) in [6, 6.07) is 8.24. The van der Waals surface area contributed by atoms with E-state index in [2.05, 4.69) is 39.1 Å². The van der Waals surface area contributed by atoms with Crippen molar-refractivity contribution in [3.8, 4) is 0 Å². The fourth-order valence-corrected chi connectivity index (χ4v) is 2.40. The first-order valence-corrected chi connectivity index (χ1v) is 6.57. The summed E-state index contributed by atoms with van der Waals surface area (Å²) >= 11 is 0. The van der Waals surface area contributed by atoms with Crippen LogP contribution in [0, 0.1) is 6.20 Å². The summed E-state index contributed by atoms with van der Waals surface area (Å²) in [6.07, 6.45) is 4.18. The first kappa shape index (κ1) is 11.7. The maximum absolute atomic E-state index is 5.35. The third-order valence-corrected chi connectivity index (χ3v) is 3.42. The minimum atomic E-state index is 0.873. The van der Waals surface area contributed by atoms with E-state index in [1.807, 2.05) is 6.07 Å². The first-order chi connectivity index (χ1) is 8.93. The van der Waals surface area contributed by atoms with Gasteiger partial charge in [-0.1, -0.05) is 18.2 Å². The summed E-state index contributed by atoms with van der Waals surface area (Å²) in [4.78, 5) is 2.46. The molecule has 1 saturated heterocycles. The summed E-state index contributed by atoms with van der Waals surface area (Å²) in [7, 11) is 0. The molecule has 1 fully saturated rings. The Balaban J connectivity index is 1.56. The summed E-state index contributed by atoms with van der Waals surface area (Å²) in [5.74, 6) is 0. The monoisotopic (exact) mass is 244 g/mol. The number of fused-ring (bicyclic) bond motifs is 1. The molecule has 0 N–H and O–H groups in total. The van der Waals surface area contributed by atoms with Crippen LogP contribution >= 0.6 is 0 Å². The van der Waals surface area contributed by atoms with Gasteiger partial charge in [-0.3, -0.25) is 9.58 Å². The van der Waals surface area contributed by atoms with E-state index in [-0.39, 0.29) is 0 Å². The molecule has 1 aromatic carbocycles. The van der Waals surface area contributed by atoms with E-state index in [1.165, 1.54) is 5.52 Å². The van der Waals surface area contributed by atoms with Gasteiger partial charge in [0.1, 0.15) is 6.20 Å². The number of ether oxygens (including phenoxy) is 1. The van der Waals surface area contributed by atoms with E-state index >= 15 is 0 Å². The lowest BCUT2D eigenvalue weighted by molar-refractivity contribution is 0.0368. The van der Waals surface area contributed by atoms with E-state index in [9.17, 15) is 0 Å². The quantitative estimate of drug-likeness (QED) is 0.817. The molecule has 0 spiro atoms. The molecule has 4 heteroatoms. The highest BCUT2D eigenvalue weighted by Gasteiger charge is 2.09. The Labute approximate surface area is 107 Å². The van der Waals surface area contributed by atoms with Crippen LogP contribution in [-0.4, -0.2) is 47.5 Å². The Morgan fingerprint density at radius 1 is 1.17 bits per heavy atom. The van der Waals surface area contributed by atoms with Gasteiger partial charge in [0, 0.05) is 31.6 Å². The second-order valence-corrected chi connectivity index (χ2v) is 4.66. The van der Waals surface area contributed by atoms with Gasteiger partial charge in [0.15, 0.2) is 0 Å². The average Bonchev–Trinajstić information content (AvgIpc) is 2.84. The van der Waals surface area contributed by atoms with Crippen LogP contribution in [0.15, 0.2) is 24.3 Å². The van der Waals surface area contributed by atoms with Crippen LogP contribution in [0.3, 0.4) is 0 Å². The molecule has 18 heavy (non-hydrogen) atoms. The molecular formula is C14H18N3O. The number of hydrogen-bond acceptors (Lipinski definition) is 3. The van der Waals surface area contributed by atoms with Gasteiger partial charge in [-0.15, -0.1) is 0 Å². The number of nitrogens with zero attached hydrogens (tertiary/aromatic N) is 3. The third kappa shape index (κ3) is 2.54.